The molecule has 1 saturated carbocycles. The lowest BCUT2D eigenvalue weighted by molar-refractivity contribution is 0.00298. The van der Waals surface area contributed by atoms with Crippen molar-refractivity contribution < 1.29 is 4.74 Å². The highest BCUT2D eigenvalue weighted by Gasteiger charge is 2.29. The summed E-state index contributed by atoms with van der Waals surface area (Å²) in [5, 5.41) is 13.6. The second-order valence-corrected chi connectivity index (χ2v) is 4.81. The Morgan fingerprint density at radius 3 is 2.80 bits per heavy atom. The van der Waals surface area contributed by atoms with Crippen LogP contribution in [0.4, 0.5) is 5.13 Å². The molecule has 1 N–H and O–H groups in total. The molecule has 0 atom stereocenters. The first kappa shape index (κ1) is 10.8. The van der Waals surface area contributed by atoms with Crippen LogP contribution in [0.25, 0.3) is 0 Å². The maximum Gasteiger partial charge on any atom is 0.205 e. The minimum atomic E-state index is 0.450. The topological polar surface area (TPSA) is 47.0 Å². The van der Waals surface area contributed by atoms with E-state index < -0.39 is 0 Å². The van der Waals surface area contributed by atoms with Crippen LogP contribution in [0.15, 0.2) is 0 Å². The number of nitrogens with one attached hydrogen (secondary N) is 1. The van der Waals surface area contributed by atoms with Gasteiger partial charge in [0.15, 0.2) is 0 Å². The Bertz CT molecular complexity index is 309. The Labute approximate surface area is 94.1 Å². The van der Waals surface area contributed by atoms with Crippen LogP contribution >= 0.6 is 11.3 Å². The van der Waals surface area contributed by atoms with E-state index in [1.54, 1.807) is 11.3 Å². The molecule has 0 saturated heterocycles. The zero-order valence-electron chi connectivity index (χ0n) is 9.19. The summed E-state index contributed by atoms with van der Waals surface area (Å²) in [6, 6.07) is 0.527. The van der Waals surface area contributed by atoms with Gasteiger partial charge in [0, 0.05) is 12.6 Å². The number of aryl methyl sites for hydroxylation is 1. The largest absolute Gasteiger partial charge is 0.378 e. The van der Waals surface area contributed by atoms with E-state index >= 15 is 0 Å². The second kappa shape index (κ2) is 4.90. The Balaban J connectivity index is 1.75. The van der Waals surface area contributed by atoms with Gasteiger partial charge in [-0.05, 0) is 26.2 Å². The molecule has 1 aromatic rings. The molecule has 0 radical (unpaired) electrons. The van der Waals surface area contributed by atoms with Gasteiger partial charge >= 0.3 is 0 Å². The summed E-state index contributed by atoms with van der Waals surface area (Å²) in [7, 11) is 0. The van der Waals surface area contributed by atoms with Crippen molar-refractivity contribution in [2.75, 3.05) is 11.9 Å². The van der Waals surface area contributed by atoms with Crippen LogP contribution in [0.3, 0.4) is 0 Å². The Hall–Kier alpha value is -0.680. The van der Waals surface area contributed by atoms with E-state index in [0.717, 1.165) is 36.0 Å². The highest BCUT2D eigenvalue weighted by atomic mass is 32.1. The summed E-state index contributed by atoms with van der Waals surface area (Å²) in [5.74, 6) is 0. The van der Waals surface area contributed by atoms with Crippen molar-refractivity contribution in [2.45, 2.75) is 45.3 Å². The fraction of sp³-hybridized carbons (Fsp3) is 0.800. The molecule has 15 heavy (non-hydrogen) atoms. The first-order chi connectivity index (χ1) is 7.31. The number of hydrogen-bond acceptors (Lipinski definition) is 5. The number of hydrogen-bond donors (Lipinski definition) is 1. The molecule has 0 bridgehead atoms. The molecular weight excluding hydrogens is 210 g/mol. The average molecular weight is 227 g/mol. The molecule has 0 aromatic carbocycles. The van der Waals surface area contributed by atoms with Gasteiger partial charge in [0.25, 0.3) is 0 Å². The van der Waals surface area contributed by atoms with E-state index in [1.165, 1.54) is 0 Å². The van der Waals surface area contributed by atoms with E-state index in [1.807, 2.05) is 6.92 Å². The van der Waals surface area contributed by atoms with Gasteiger partial charge in [0.1, 0.15) is 5.01 Å². The van der Waals surface area contributed by atoms with Crippen molar-refractivity contribution in [3.8, 4) is 0 Å². The molecule has 1 aromatic heterocycles. The predicted molar refractivity (Wildman–Crippen MR) is 61.3 cm³/mol. The van der Waals surface area contributed by atoms with Crippen molar-refractivity contribution in [1.29, 1.82) is 0 Å². The van der Waals surface area contributed by atoms with E-state index in [0.29, 0.717) is 12.1 Å². The summed E-state index contributed by atoms with van der Waals surface area (Å²) in [6.45, 7) is 4.95. The summed E-state index contributed by atoms with van der Waals surface area (Å²) in [6.07, 6.45) is 3.60. The molecule has 0 aliphatic heterocycles. The number of aromatic nitrogens is 2. The third kappa shape index (κ3) is 2.66. The first-order valence-corrected chi connectivity index (χ1v) is 6.34. The summed E-state index contributed by atoms with van der Waals surface area (Å²) < 4.78 is 5.50. The number of nitrogens with zero attached hydrogens (tertiary/aromatic N) is 2. The van der Waals surface area contributed by atoms with Crippen molar-refractivity contribution in [3.63, 3.8) is 0 Å². The van der Waals surface area contributed by atoms with Crippen molar-refractivity contribution in [1.82, 2.24) is 10.2 Å². The van der Waals surface area contributed by atoms with Crippen LogP contribution < -0.4 is 5.32 Å². The molecular formula is C10H17N3OS. The number of anilines is 1. The highest BCUT2D eigenvalue weighted by molar-refractivity contribution is 7.15. The van der Waals surface area contributed by atoms with Gasteiger partial charge in [-0.2, -0.15) is 0 Å². The number of rotatable bonds is 5. The third-order valence-corrected chi connectivity index (χ3v) is 3.59. The molecule has 0 amide bonds. The summed E-state index contributed by atoms with van der Waals surface area (Å²) in [4.78, 5) is 0. The minimum absolute atomic E-state index is 0.450. The fourth-order valence-electron chi connectivity index (χ4n) is 1.68. The van der Waals surface area contributed by atoms with Crippen molar-refractivity contribution in [2.24, 2.45) is 0 Å². The van der Waals surface area contributed by atoms with Crippen LogP contribution in [0.2, 0.25) is 0 Å². The van der Waals surface area contributed by atoms with Crippen molar-refractivity contribution >= 4 is 16.5 Å². The van der Waals surface area contributed by atoms with E-state index in [2.05, 4.69) is 22.4 Å². The molecule has 4 nitrogen and oxygen atoms in total. The van der Waals surface area contributed by atoms with Gasteiger partial charge < -0.3 is 10.1 Å². The molecule has 84 valence electrons. The molecule has 1 fully saturated rings. The maximum atomic E-state index is 5.50. The standard InChI is InChI=1S/C10H17N3OS/c1-3-9-12-13-10(15-9)11-7-5-8(6-7)14-4-2/h7-8H,3-6H2,1-2H3,(H,11,13). The van der Waals surface area contributed by atoms with E-state index in [-0.39, 0.29) is 0 Å². The number of ether oxygens (including phenoxy) is 1. The summed E-state index contributed by atoms with van der Waals surface area (Å²) >= 11 is 1.65. The minimum Gasteiger partial charge on any atom is -0.378 e. The molecule has 2 rings (SSSR count). The van der Waals surface area contributed by atoms with Crippen LogP contribution in [0.5, 0.6) is 0 Å². The highest BCUT2D eigenvalue weighted by Crippen LogP contribution is 2.27. The van der Waals surface area contributed by atoms with Gasteiger partial charge in [-0.25, -0.2) is 0 Å². The average Bonchev–Trinajstić information content (AvgIpc) is 2.62. The Morgan fingerprint density at radius 2 is 2.20 bits per heavy atom. The quantitative estimate of drug-likeness (QED) is 0.836. The SMILES string of the molecule is CCOC1CC(Nc2nnc(CC)s2)C1. The lowest BCUT2D eigenvalue weighted by atomic mass is 9.89. The smallest absolute Gasteiger partial charge is 0.205 e. The maximum absolute atomic E-state index is 5.50. The van der Waals surface area contributed by atoms with Gasteiger partial charge in [0.05, 0.1) is 6.10 Å². The first-order valence-electron chi connectivity index (χ1n) is 5.52. The van der Waals surface area contributed by atoms with Crippen LogP contribution in [0.1, 0.15) is 31.7 Å². The van der Waals surface area contributed by atoms with Crippen LogP contribution in [-0.2, 0) is 11.2 Å². The fourth-order valence-corrected chi connectivity index (χ4v) is 2.44. The lowest BCUT2D eigenvalue weighted by Gasteiger charge is -2.35. The lowest BCUT2D eigenvalue weighted by Crippen LogP contribution is -2.40. The van der Waals surface area contributed by atoms with E-state index in [4.69, 9.17) is 4.74 Å². The Kier molecular flexibility index (Phi) is 3.53. The molecule has 1 heterocycles. The molecule has 0 spiro atoms. The monoisotopic (exact) mass is 227 g/mol. The third-order valence-electron chi connectivity index (χ3n) is 2.59. The molecule has 5 heteroatoms. The van der Waals surface area contributed by atoms with Gasteiger partial charge in [-0.3, -0.25) is 0 Å². The Morgan fingerprint density at radius 1 is 1.40 bits per heavy atom. The van der Waals surface area contributed by atoms with E-state index in [9.17, 15) is 0 Å². The van der Waals surface area contributed by atoms with Gasteiger partial charge in [0.2, 0.25) is 5.13 Å². The predicted octanol–water partition coefficient (Wildman–Crippen LogP) is 2.08. The molecule has 1 aliphatic rings. The molecule has 1 aliphatic carbocycles. The summed E-state index contributed by atoms with van der Waals surface area (Å²) in [5.41, 5.74) is 0. The zero-order valence-corrected chi connectivity index (χ0v) is 10.0. The normalized spacial score (nSPS) is 24.9. The zero-order chi connectivity index (χ0) is 10.7. The van der Waals surface area contributed by atoms with Gasteiger partial charge in [-0.1, -0.05) is 18.3 Å². The van der Waals surface area contributed by atoms with Crippen LogP contribution in [0, 0.1) is 0 Å². The second-order valence-electron chi connectivity index (χ2n) is 3.74. The van der Waals surface area contributed by atoms with Crippen molar-refractivity contribution in [3.05, 3.63) is 5.01 Å². The van der Waals surface area contributed by atoms with Gasteiger partial charge in [-0.15, -0.1) is 10.2 Å². The molecule has 0 unspecified atom stereocenters. The van der Waals surface area contributed by atoms with Crippen LogP contribution in [-0.4, -0.2) is 29.0 Å².